The van der Waals surface area contributed by atoms with Gasteiger partial charge in [-0.15, -0.1) is 0 Å². The van der Waals surface area contributed by atoms with Gasteiger partial charge in [0, 0.05) is 12.4 Å². The molecule has 0 fully saturated rings. The SMILES string of the molecule is Oc1ccccc1.Oc1ccccc1.c1ccncc1. The topological polar surface area (TPSA) is 53.4 Å². The van der Waals surface area contributed by atoms with E-state index < -0.39 is 0 Å². The van der Waals surface area contributed by atoms with Gasteiger partial charge in [-0.3, -0.25) is 4.98 Å². The molecular formula is C17H17NO2. The summed E-state index contributed by atoms with van der Waals surface area (Å²) in [5.74, 6) is 0.644. The summed E-state index contributed by atoms with van der Waals surface area (Å²) in [6.45, 7) is 0. The number of phenolic OH excluding ortho intramolecular Hbond substituents is 2. The fourth-order valence-corrected chi connectivity index (χ4v) is 1.17. The van der Waals surface area contributed by atoms with Gasteiger partial charge in [-0.25, -0.2) is 0 Å². The van der Waals surface area contributed by atoms with Gasteiger partial charge in [0.2, 0.25) is 0 Å². The molecule has 2 aromatic carbocycles. The average Bonchev–Trinajstić information content (AvgIpc) is 2.52. The van der Waals surface area contributed by atoms with Crippen LogP contribution in [0.5, 0.6) is 11.5 Å². The number of benzene rings is 2. The standard InChI is InChI=1S/2C6H6O.C5H5N/c2*7-6-4-2-1-3-5-6;1-2-4-6-5-3-1/h2*1-5,7H;1-5H. The molecule has 0 aliphatic heterocycles. The lowest BCUT2D eigenvalue weighted by molar-refractivity contribution is 0.475. The van der Waals surface area contributed by atoms with Crippen LogP contribution in [-0.2, 0) is 0 Å². The second-order valence-electron chi connectivity index (χ2n) is 3.70. The van der Waals surface area contributed by atoms with Gasteiger partial charge in [0.25, 0.3) is 0 Å². The number of pyridine rings is 1. The Kier molecular flexibility index (Phi) is 7.73. The average molecular weight is 267 g/mol. The quantitative estimate of drug-likeness (QED) is 0.650. The molecule has 0 atom stereocenters. The minimum Gasteiger partial charge on any atom is -0.508 e. The van der Waals surface area contributed by atoms with Crippen LogP contribution in [0.2, 0.25) is 0 Å². The first-order chi connectivity index (χ1) is 9.79. The van der Waals surface area contributed by atoms with Gasteiger partial charge in [0.05, 0.1) is 0 Å². The van der Waals surface area contributed by atoms with E-state index in [4.69, 9.17) is 10.2 Å². The van der Waals surface area contributed by atoms with Crippen LogP contribution in [0, 0.1) is 0 Å². The number of hydrogen-bond acceptors (Lipinski definition) is 3. The summed E-state index contributed by atoms with van der Waals surface area (Å²) in [6.07, 6.45) is 3.50. The van der Waals surface area contributed by atoms with Gasteiger partial charge >= 0.3 is 0 Å². The van der Waals surface area contributed by atoms with E-state index in [2.05, 4.69) is 4.98 Å². The first-order valence-corrected chi connectivity index (χ1v) is 6.12. The highest BCUT2D eigenvalue weighted by Crippen LogP contribution is 2.03. The molecule has 102 valence electrons. The summed E-state index contributed by atoms with van der Waals surface area (Å²) >= 11 is 0. The minimum absolute atomic E-state index is 0.322. The molecule has 0 radical (unpaired) electrons. The predicted octanol–water partition coefficient (Wildman–Crippen LogP) is 3.87. The zero-order valence-electron chi connectivity index (χ0n) is 11.0. The van der Waals surface area contributed by atoms with E-state index in [1.807, 2.05) is 30.3 Å². The Morgan fingerprint density at radius 1 is 0.500 bits per heavy atom. The van der Waals surface area contributed by atoms with E-state index >= 15 is 0 Å². The second kappa shape index (κ2) is 10.1. The molecule has 3 heteroatoms. The summed E-state index contributed by atoms with van der Waals surface area (Å²) < 4.78 is 0. The van der Waals surface area contributed by atoms with E-state index in [-0.39, 0.29) is 0 Å². The van der Waals surface area contributed by atoms with Crippen LogP contribution in [0.15, 0.2) is 91.3 Å². The fraction of sp³-hybridized carbons (Fsp3) is 0. The van der Waals surface area contributed by atoms with Gasteiger partial charge in [-0.05, 0) is 36.4 Å². The van der Waals surface area contributed by atoms with Crippen molar-refractivity contribution in [3.05, 3.63) is 91.3 Å². The lowest BCUT2D eigenvalue weighted by Crippen LogP contribution is -1.58. The normalized spacial score (nSPS) is 8.40. The van der Waals surface area contributed by atoms with Crippen molar-refractivity contribution in [2.24, 2.45) is 0 Å². The Hall–Kier alpha value is -2.81. The molecule has 1 heterocycles. The minimum atomic E-state index is 0.322. The van der Waals surface area contributed by atoms with E-state index in [1.54, 1.807) is 60.9 Å². The van der Waals surface area contributed by atoms with E-state index in [0.29, 0.717) is 11.5 Å². The van der Waals surface area contributed by atoms with Crippen LogP contribution < -0.4 is 0 Å². The number of aromatic nitrogens is 1. The third kappa shape index (κ3) is 8.31. The molecule has 0 aliphatic carbocycles. The predicted molar refractivity (Wildman–Crippen MR) is 80.5 cm³/mol. The van der Waals surface area contributed by atoms with Crippen molar-refractivity contribution in [2.75, 3.05) is 0 Å². The Labute approximate surface area is 118 Å². The number of rotatable bonds is 0. The van der Waals surface area contributed by atoms with Crippen molar-refractivity contribution in [1.29, 1.82) is 0 Å². The van der Waals surface area contributed by atoms with Gasteiger partial charge < -0.3 is 10.2 Å². The van der Waals surface area contributed by atoms with Crippen LogP contribution in [0.4, 0.5) is 0 Å². The van der Waals surface area contributed by atoms with Crippen LogP contribution in [-0.4, -0.2) is 15.2 Å². The number of phenols is 2. The van der Waals surface area contributed by atoms with E-state index in [1.165, 1.54) is 0 Å². The molecule has 3 aromatic rings. The smallest absolute Gasteiger partial charge is 0.115 e. The zero-order valence-corrected chi connectivity index (χ0v) is 11.0. The van der Waals surface area contributed by atoms with Crippen LogP contribution in [0.1, 0.15) is 0 Å². The molecule has 0 aliphatic rings. The third-order valence-electron chi connectivity index (χ3n) is 2.08. The number of hydrogen-bond donors (Lipinski definition) is 2. The van der Waals surface area contributed by atoms with Gasteiger partial charge in [0.1, 0.15) is 11.5 Å². The van der Waals surface area contributed by atoms with Crippen LogP contribution >= 0.6 is 0 Å². The monoisotopic (exact) mass is 267 g/mol. The molecule has 3 nitrogen and oxygen atoms in total. The van der Waals surface area contributed by atoms with E-state index in [9.17, 15) is 0 Å². The van der Waals surface area contributed by atoms with Crippen molar-refractivity contribution < 1.29 is 10.2 Å². The maximum atomic E-state index is 8.63. The lowest BCUT2D eigenvalue weighted by Gasteiger charge is -1.82. The summed E-state index contributed by atoms with van der Waals surface area (Å²) in [4.78, 5) is 3.78. The second-order valence-corrected chi connectivity index (χ2v) is 3.70. The largest absolute Gasteiger partial charge is 0.508 e. The highest BCUT2D eigenvalue weighted by atomic mass is 16.3. The molecule has 2 N–H and O–H groups in total. The Morgan fingerprint density at radius 2 is 0.850 bits per heavy atom. The van der Waals surface area contributed by atoms with Gasteiger partial charge in [-0.1, -0.05) is 42.5 Å². The van der Waals surface area contributed by atoms with Crippen molar-refractivity contribution >= 4 is 0 Å². The zero-order chi connectivity index (χ0) is 14.5. The number of aromatic hydroxyl groups is 2. The van der Waals surface area contributed by atoms with Gasteiger partial charge in [0.15, 0.2) is 0 Å². The van der Waals surface area contributed by atoms with Crippen molar-refractivity contribution in [1.82, 2.24) is 4.98 Å². The molecular weight excluding hydrogens is 250 g/mol. The highest BCUT2D eigenvalue weighted by molar-refractivity contribution is 5.19. The molecule has 0 bridgehead atoms. The summed E-state index contributed by atoms with van der Waals surface area (Å²) in [5.41, 5.74) is 0. The van der Waals surface area contributed by atoms with Crippen LogP contribution in [0.3, 0.4) is 0 Å². The molecule has 0 amide bonds. The maximum absolute atomic E-state index is 8.63. The van der Waals surface area contributed by atoms with Crippen molar-refractivity contribution in [2.45, 2.75) is 0 Å². The first kappa shape index (κ1) is 15.2. The summed E-state index contributed by atoms with van der Waals surface area (Å²) in [7, 11) is 0. The van der Waals surface area contributed by atoms with Crippen molar-refractivity contribution in [3.8, 4) is 11.5 Å². The van der Waals surface area contributed by atoms with Crippen molar-refractivity contribution in [3.63, 3.8) is 0 Å². The molecule has 0 unspecified atom stereocenters. The number of para-hydroxylation sites is 2. The first-order valence-electron chi connectivity index (χ1n) is 6.12. The Morgan fingerprint density at radius 3 is 1.00 bits per heavy atom. The van der Waals surface area contributed by atoms with Crippen LogP contribution in [0.25, 0.3) is 0 Å². The summed E-state index contributed by atoms with van der Waals surface area (Å²) in [6, 6.07) is 23.1. The fourth-order valence-electron chi connectivity index (χ4n) is 1.17. The molecule has 20 heavy (non-hydrogen) atoms. The third-order valence-corrected chi connectivity index (χ3v) is 2.08. The molecule has 3 rings (SSSR count). The molecule has 0 spiro atoms. The Bertz CT molecular complexity index is 478. The molecule has 0 saturated heterocycles. The van der Waals surface area contributed by atoms with Gasteiger partial charge in [-0.2, -0.15) is 0 Å². The molecule has 0 saturated carbocycles. The van der Waals surface area contributed by atoms with E-state index in [0.717, 1.165) is 0 Å². The lowest BCUT2D eigenvalue weighted by atomic mass is 10.3. The Balaban J connectivity index is 0.000000151. The highest BCUT2D eigenvalue weighted by Gasteiger charge is 1.75. The molecule has 1 aromatic heterocycles. The number of nitrogens with zero attached hydrogens (tertiary/aromatic N) is 1. The summed E-state index contributed by atoms with van der Waals surface area (Å²) in [5, 5.41) is 17.3. The maximum Gasteiger partial charge on any atom is 0.115 e.